The lowest BCUT2D eigenvalue weighted by Gasteiger charge is -2.14. The number of amides is 1. The first-order chi connectivity index (χ1) is 6.65. The van der Waals surface area contributed by atoms with E-state index in [1.807, 2.05) is 13.8 Å². The van der Waals surface area contributed by atoms with Crippen molar-refractivity contribution in [2.45, 2.75) is 26.7 Å². The van der Waals surface area contributed by atoms with Gasteiger partial charge in [-0.2, -0.15) is 0 Å². The van der Waals surface area contributed by atoms with Gasteiger partial charge < -0.3 is 4.74 Å². The van der Waals surface area contributed by atoms with E-state index in [0.717, 1.165) is 12.8 Å². The Hall–Kier alpha value is -1.06. The average Bonchev–Trinajstić information content (AvgIpc) is 2.52. The third kappa shape index (κ3) is 2.72. The van der Waals surface area contributed by atoms with Crippen molar-refractivity contribution in [1.82, 2.24) is 4.90 Å². The number of nitrogens with zero attached hydrogens (tertiary/aromatic N) is 1. The molecule has 0 radical (unpaired) electrons. The van der Waals surface area contributed by atoms with Gasteiger partial charge in [-0.25, -0.2) is 4.79 Å². The normalized spacial score (nSPS) is 18.1. The Balaban J connectivity index is 2.36. The van der Waals surface area contributed by atoms with Crippen LogP contribution in [0.3, 0.4) is 0 Å². The summed E-state index contributed by atoms with van der Waals surface area (Å²) in [6.45, 7) is 5.12. The van der Waals surface area contributed by atoms with E-state index in [0.29, 0.717) is 13.2 Å². The highest BCUT2D eigenvalue weighted by molar-refractivity contribution is 5.86. The van der Waals surface area contributed by atoms with Gasteiger partial charge in [-0.1, -0.05) is 20.3 Å². The summed E-state index contributed by atoms with van der Waals surface area (Å²) in [4.78, 5) is 24.1. The maximum Gasteiger partial charge on any atom is 0.410 e. The van der Waals surface area contributed by atoms with Gasteiger partial charge in [0.15, 0.2) is 5.78 Å². The molecule has 0 aromatic heterocycles. The van der Waals surface area contributed by atoms with E-state index in [9.17, 15) is 9.59 Å². The molecular formula is C10H17NO3. The standard InChI is InChI=1S/C10H17NO3/c1-3-4-8(2)9(12)7-11-5-6-14-10(11)13/h8H,3-7H2,1-2H3. The minimum Gasteiger partial charge on any atom is -0.448 e. The summed E-state index contributed by atoms with van der Waals surface area (Å²) in [5.41, 5.74) is 0. The van der Waals surface area contributed by atoms with Crippen LogP contribution in [0.15, 0.2) is 0 Å². The van der Waals surface area contributed by atoms with E-state index in [1.54, 1.807) is 0 Å². The van der Waals surface area contributed by atoms with Crippen LogP contribution in [0.2, 0.25) is 0 Å². The molecule has 14 heavy (non-hydrogen) atoms. The zero-order chi connectivity index (χ0) is 10.6. The van der Waals surface area contributed by atoms with Crippen molar-refractivity contribution in [3.8, 4) is 0 Å². The second kappa shape index (κ2) is 4.98. The molecule has 1 aliphatic rings. The Labute approximate surface area is 84.2 Å². The van der Waals surface area contributed by atoms with E-state index >= 15 is 0 Å². The third-order valence-corrected chi connectivity index (χ3v) is 2.46. The molecule has 0 N–H and O–H groups in total. The molecule has 4 nitrogen and oxygen atoms in total. The van der Waals surface area contributed by atoms with Crippen molar-refractivity contribution in [3.05, 3.63) is 0 Å². The van der Waals surface area contributed by atoms with Crippen LogP contribution in [0.1, 0.15) is 26.7 Å². The van der Waals surface area contributed by atoms with Crippen LogP contribution in [0.4, 0.5) is 4.79 Å². The molecule has 0 bridgehead atoms. The van der Waals surface area contributed by atoms with Gasteiger partial charge >= 0.3 is 6.09 Å². The van der Waals surface area contributed by atoms with Crippen LogP contribution in [-0.4, -0.2) is 36.5 Å². The number of ketones is 1. The number of hydrogen-bond donors (Lipinski definition) is 0. The zero-order valence-electron chi connectivity index (χ0n) is 8.78. The maximum absolute atomic E-state index is 11.6. The summed E-state index contributed by atoms with van der Waals surface area (Å²) in [6, 6.07) is 0. The molecular weight excluding hydrogens is 182 g/mol. The van der Waals surface area contributed by atoms with Crippen molar-refractivity contribution < 1.29 is 14.3 Å². The summed E-state index contributed by atoms with van der Waals surface area (Å²) in [7, 11) is 0. The first-order valence-electron chi connectivity index (χ1n) is 5.09. The zero-order valence-corrected chi connectivity index (χ0v) is 8.78. The number of Topliss-reactive ketones (excluding diaryl/α,β-unsaturated/α-hetero) is 1. The fourth-order valence-corrected chi connectivity index (χ4v) is 1.51. The lowest BCUT2D eigenvalue weighted by Crippen LogP contribution is -2.33. The second-order valence-corrected chi connectivity index (χ2v) is 3.69. The minimum atomic E-state index is -0.359. The fourth-order valence-electron chi connectivity index (χ4n) is 1.51. The Morgan fingerprint density at radius 1 is 1.64 bits per heavy atom. The Kier molecular flexibility index (Phi) is 3.92. The van der Waals surface area contributed by atoms with Crippen LogP contribution in [0, 0.1) is 5.92 Å². The minimum absolute atomic E-state index is 0.0494. The van der Waals surface area contributed by atoms with E-state index < -0.39 is 0 Å². The number of carbonyl (C=O) groups is 2. The summed E-state index contributed by atoms with van der Waals surface area (Å²) >= 11 is 0. The first-order valence-corrected chi connectivity index (χ1v) is 5.09. The Morgan fingerprint density at radius 2 is 2.36 bits per heavy atom. The largest absolute Gasteiger partial charge is 0.448 e. The van der Waals surface area contributed by atoms with Gasteiger partial charge in [0, 0.05) is 5.92 Å². The number of rotatable bonds is 5. The second-order valence-electron chi connectivity index (χ2n) is 3.69. The van der Waals surface area contributed by atoms with E-state index in [2.05, 4.69) is 0 Å². The smallest absolute Gasteiger partial charge is 0.410 e. The lowest BCUT2D eigenvalue weighted by atomic mass is 10.0. The molecule has 0 aromatic rings. The molecule has 1 rings (SSSR count). The third-order valence-electron chi connectivity index (χ3n) is 2.46. The molecule has 1 aliphatic heterocycles. The summed E-state index contributed by atoms with van der Waals surface area (Å²) in [6.07, 6.45) is 1.53. The Morgan fingerprint density at radius 3 is 2.86 bits per heavy atom. The van der Waals surface area contributed by atoms with Gasteiger partial charge in [0.05, 0.1) is 13.1 Å². The van der Waals surface area contributed by atoms with Crippen molar-refractivity contribution in [2.75, 3.05) is 19.7 Å². The molecule has 1 atom stereocenters. The van der Waals surface area contributed by atoms with Gasteiger partial charge in [-0.3, -0.25) is 9.69 Å². The van der Waals surface area contributed by atoms with Gasteiger partial charge in [0.1, 0.15) is 6.61 Å². The van der Waals surface area contributed by atoms with Crippen molar-refractivity contribution >= 4 is 11.9 Å². The molecule has 1 heterocycles. The first kappa shape index (κ1) is 11.0. The Bertz CT molecular complexity index is 227. The van der Waals surface area contributed by atoms with Gasteiger partial charge in [-0.05, 0) is 6.42 Å². The quantitative estimate of drug-likeness (QED) is 0.673. The number of ether oxygens (including phenoxy) is 1. The van der Waals surface area contributed by atoms with Crippen LogP contribution < -0.4 is 0 Å². The number of cyclic esters (lactones) is 1. The summed E-state index contributed by atoms with van der Waals surface area (Å²) < 4.78 is 4.74. The highest BCUT2D eigenvalue weighted by Gasteiger charge is 2.25. The molecule has 1 saturated heterocycles. The van der Waals surface area contributed by atoms with Crippen LogP contribution in [-0.2, 0) is 9.53 Å². The van der Waals surface area contributed by atoms with Crippen molar-refractivity contribution in [2.24, 2.45) is 5.92 Å². The SMILES string of the molecule is CCCC(C)C(=O)CN1CCOC1=O. The fraction of sp³-hybridized carbons (Fsp3) is 0.800. The molecule has 0 aliphatic carbocycles. The highest BCUT2D eigenvalue weighted by atomic mass is 16.6. The highest BCUT2D eigenvalue weighted by Crippen LogP contribution is 2.10. The molecule has 0 aromatic carbocycles. The monoisotopic (exact) mass is 199 g/mol. The van der Waals surface area contributed by atoms with E-state index in [4.69, 9.17) is 4.74 Å². The summed E-state index contributed by atoms with van der Waals surface area (Å²) in [5, 5.41) is 0. The predicted octanol–water partition coefficient (Wildman–Crippen LogP) is 1.44. The van der Waals surface area contributed by atoms with Crippen LogP contribution in [0.25, 0.3) is 0 Å². The van der Waals surface area contributed by atoms with Gasteiger partial charge in [0.2, 0.25) is 0 Å². The van der Waals surface area contributed by atoms with E-state index in [1.165, 1.54) is 4.90 Å². The van der Waals surface area contributed by atoms with Crippen LogP contribution in [0.5, 0.6) is 0 Å². The number of carbonyl (C=O) groups excluding carboxylic acids is 2. The van der Waals surface area contributed by atoms with Crippen LogP contribution >= 0.6 is 0 Å². The van der Waals surface area contributed by atoms with E-state index in [-0.39, 0.29) is 24.3 Å². The molecule has 4 heteroatoms. The van der Waals surface area contributed by atoms with Crippen molar-refractivity contribution in [3.63, 3.8) is 0 Å². The van der Waals surface area contributed by atoms with Gasteiger partial charge in [0.25, 0.3) is 0 Å². The average molecular weight is 199 g/mol. The molecule has 80 valence electrons. The predicted molar refractivity (Wildman–Crippen MR) is 52.0 cm³/mol. The molecule has 1 unspecified atom stereocenters. The number of hydrogen-bond acceptors (Lipinski definition) is 3. The molecule has 0 spiro atoms. The van der Waals surface area contributed by atoms with Crippen molar-refractivity contribution in [1.29, 1.82) is 0 Å². The molecule has 0 saturated carbocycles. The topological polar surface area (TPSA) is 46.6 Å². The molecule has 1 fully saturated rings. The molecule has 1 amide bonds. The van der Waals surface area contributed by atoms with Gasteiger partial charge in [-0.15, -0.1) is 0 Å². The lowest BCUT2D eigenvalue weighted by molar-refractivity contribution is -0.123. The maximum atomic E-state index is 11.6. The summed E-state index contributed by atoms with van der Waals surface area (Å²) in [5.74, 6) is 0.180.